The van der Waals surface area contributed by atoms with Crippen molar-refractivity contribution in [2.45, 2.75) is 38.9 Å². The summed E-state index contributed by atoms with van der Waals surface area (Å²) in [5.74, 6) is -0.109. The van der Waals surface area contributed by atoms with Crippen molar-refractivity contribution in [1.29, 1.82) is 0 Å². The summed E-state index contributed by atoms with van der Waals surface area (Å²) < 4.78 is 30.2. The zero-order valence-corrected chi connectivity index (χ0v) is 17.3. The number of nitrogens with one attached hydrogen (secondary N) is 1. The Labute approximate surface area is 166 Å². The van der Waals surface area contributed by atoms with E-state index in [1.165, 1.54) is 0 Å². The number of rotatable bonds is 9. The minimum Gasteiger partial charge on any atom is -0.338 e. The van der Waals surface area contributed by atoms with E-state index in [1.54, 1.807) is 29.3 Å². The minimum absolute atomic E-state index is 0.0948. The average Bonchev–Trinajstić information content (AvgIpc) is 3.23. The van der Waals surface area contributed by atoms with Crippen molar-refractivity contribution in [2.75, 3.05) is 36.8 Å². The van der Waals surface area contributed by atoms with Crippen LogP contribution in [0.3, 0.4) is 0 Å². The Balaban J connectivity index is 1.87. The van der Waals surface area contributed by atoms with Gasteiger partial charge in [0.2, 0.25) is 16.0 Å². The van der Waals surface area contributed by atoms with Gasteiger partial charge < -0.3 is 4.90 Å². The molecule has 0 saturated carbocycles. The summed E-state index contributed by atoms with van der Waals surface area (Å²) in [4.78, 5) is 13.0. The average molecular weight is 408 g/mol. The number of nitrogens with zero attached hydrogens (tertiary/aromatic N) is 6. The molecule has 0 aliphatic carbocycles. The van der Waals surface area contributed by atoms with Gasteiger partial charge in [-0.25, -0.2) is 23.1 Å². The van der Waals surface area contributed by atoms with Crippen molar-refractivity contribution in [2.24, 2.45) is 0 Å². The maximum absolute atomic E-state index is 12.7. The number of aromatic nitrogens is 4. The summed E-state index contributed by atoms with van der Waals surface area (Å²) in [6, 6.07) is 3.62. The molecule has 3 rings (SSSR count). The third-order valence-corrected chi connectivity index (χ3v) is 6.50. The molecular weight excluding hydrogens is 378 g/mol. The van der Waals surface area contributed by atoms with Gasteiger partial charge in [0.15, 0.2) is 5.79 Å². The van der Waals surface area contributed by atoms with Crippen molar-refractivity contribution >= 4 is 16.0 Å². The molecule has 2 aromatic rings. The van der Waals surface area contributed by atoms with E-state index in [4.69, 9.17) is 0 Å². The molecule has 154 valence electrons. The second-order valence-electron chi connectivity index (χ2n) is 6.96. The van der Waals surface area contributed by atoms with Crippen LogP contribution in [-0.2, 0) is 15.8 Å². The van der Waals surface area contributed by atoms with Crippen LogP contribution >= 0.6 is 0 Å². The highest BCUT2D eigenvalue weighted by Gasteiger charge is 2.43. The third-order valence-electron chi connectivity index (χ3n) is 4.91. The van der Waals surface area contributed by atoms with Gasteiger partial charge in [-0.05, 0) is 18.6 Å². The first-order chi connectivity index (χ1) is 13.5. The Hall–Kier alpha value is -2.04. The Morgan fingerprint density at radius 3 is 2.32 bits per heavy atom. The van der Waals surface area contributed by atoms with Crippen molar-refractivity contribution in [3.63, 3.8) is 0 Å². The summed E-state index contributed by atoms with van der Waals surface area (Å²) in [6.07, 6.45) is 8.99. The lowest BCUT2D eigenvalue weighted by atomic mass is 10.1. The van der Waals surface area contributed by atoms with Gasteiger partial charge in [-0.3, -0.25) is 4.90 Å². The summed E-state index contributed by atoms with van der Waals surface area (Å²) in [7, 11) is -3.44. The molecule has 9 nitrogen and oxygen atoms in total. The molecule has 1 aliphatic rings. The Morgan fingerprint density at radius 1 is 1.04 bits per heavy atom. The van der Waals surface area contributed by atoms with Gasteiger partial charge in [-0.15, -0.1) is 0 Å². The van der Waals surface area contributed by atoms with Crippen molar-refractivity contribution in [3.8, 4) is 0 Å². The highest BCUT2D eigenvalue weighted by atomic mass is 32.2. The lowest BCUT2D eigenvalue weighted by molar-refractivity contribution is -0.0188. The molecule has 3 heterocycles. The first-order valence-corrected chi connectivity index (χ1v) is 11.4. The van der Waals surface area contributed by atoms with Crippen LogP contribution in [0.1, 0.15) is 33.1 Å². The van der Waals surface area contributed by atoms with E-state index in [1.807, 2.05) is 19.2 Å². The van der Waals surface area contributed by atoms with Crippen LogP contribution in [0.15, 0.2) is 36.9 Å². The van der Waals surface area contributed by atoms with E-state index in [0.29, 0.717) is 45.0 Å². The van der Waals surface area contributed by atoms with Gasteiger partial charge in [0.25, 0.3) is 0 Å². The number of anilines is 1. The van der Waals surface area contributed by atoms with Crippen molar-refractivity contribution in [1.82, 2.24) is 29.4 Å². The number of sulfonamides is 1. The molecule has 1 fully saturated rings. The van der Waals surface area contributed by atoms with Gasteiger partial charge >= 0.3 is 0 Å². The van der Waals surface area contributed by atoms with Gasteiger partial charge in [0.05, 0.1) is 5.75 Å². The third kappa shape index (κ3) is 4.50. The van der Waals surface area contributed by atoms with Crippen LogP contribution in [0.2, 0.25) is 0 Å². The SMILES string of the molecule is CCCC(NS(=O)(=O)CCC)(N1CCN(c2ncccn2)CC1)n1cccn1. The van der Waals surface area contributed by atoms with Crippen LogP contribution in [0.25, 0.3) is 0 Å². The van der Waals surface area contributed by atoms with Crippen molar-refractivity contribution in [3.05, 3.63) is 36.9 Å². The van der Waals surface area contributed by atoms with Crippen LogP contribution in [0.5, 0.6) is 0 Å². The number of hydrogen-bond acceptors (Lipinski definition) is 7. The molecule has 1 aliphatic heterocycles. The lowest BCUT2D eigenvalue weighted by Crippen LogP contribution is -2.66. The number of hydrogen-bond donors (Lipinski definition) is 1. The van der Waals surface area contributed by atoms with Crippen LogP contribution in [-0.4, -0.2) is 65.0 Å². The Kier molecular flexibility index (Phi) is 6.63. The fourth-order valence-electron chi connectivity index (χ4n) is 3.72. The fourth-order valence-corrected chi connectivity index (χ4v) is 5.18. The van der Waals surface area contributed by atoms with Gasteiger partial charge in [0, 0.05) is 57.4 Å². The van der Waals surface area contributed by atoms with E-state index in [9.17, 15) is 8.42 Å². The normalized spacial score (nSPS) is 18.1. The molecule has 0 radical (unpaired) electrons. The van der Waals surface area contributed by atoms with E-state index < -0.39 is 15.8 Å². The Bertz CT molecular complexity index is 821. The molecule has 0 spiro atoms. The molecule has 0 bridgehead atoms. The second kappa shape index (κ2) is 8.97. The summed E-state index contributed by atoms with van der Waals surface area (Å²) in [6.45, 7) is 6.70. The standard InChI is InChI=1S/C18H29N7O2S/c1-3-7-18(25-11-6-10-21-25,22-28(26,27)16-4-2)24-14-12-23(13-15-24)17-19-8-5-9-20-17/h5-6,8-11,22H,3-4,7,12-16H2,1-2H3. The first-order valence-electron chi connectivity index (χ1n) is 9.79. The maximum Gasteiger partial charge on any atom is 0.225 e. The highest BCUT2D eigenvalue weighted by molar-refractivity contribution is 7.89. The van der Waals surface area contributed by atoms with E-state index >= 15 is 0 Å². The molecule has 1 saturated heterocycles. The molecule has 10 heteroatoms. The zero-order chi connectivity index (χ0) is 20.0. The number of piperazine rings is 1. The van der Waals surface area contributed by atoms with Crippen LogP contribution in [0.4, 0.5) is 5.95 Å². The van der Waals surface area contributed by atoms with Gasteiger partial charge in [-0.2, -0.15) is 9.82 Å². The van der Waals surface area contributed by atoms with E-state index in [2.05, 4.69) is 36.5 Å². The molecule has 2 aromatic heterocycles. The summed E-state index contributed by atoms with van der Waals surface area (Å²) in [5.41, 5.74) is 0. The molecule has 1 unspecified atom stereocenters. The van der Waals surface area contributed by atoms with Crippen molar-refractivity contribution < 1.29 is 8.42 Å². The first kappa shape index (κ1) is 20.7. The molecule has 28 heavy (non-hydrogen) atoms. The molecule has 1 N–H and O–H groups in total. The summed E-state index contributed by atoms with van der Waals surface area (Å²) in [5, 5.41) is 4.41. The van der Waals surface area contributed by atoms with Crippen LogP contribution in [0, 0.1) is 0 Å². The van der Waals surface area contributed by atoms with Gasteiger partial charge in [-0.1, -0.05) is 20.3 Å². The fraction of sp³-hybridized carbons (Fsp3) is 0.611. The zero-order valence-electron chi connectivity index (χ0n) is 16.5. The highest BCUT2D eigenvalue weighted by Crippen LogP contribution is 2.27. The summed E-state index contributed by atoms with van der Waals surface area (Å²) >= 11 is 0. The predicted molar refractivity (Wildman–Crippen MR) is 108 cm³/mol. The minimum atomic E-state index is -3.44. The van der Waals surface area contributed by atoms with Crippen LogP contribution < -0.4 is 9.62 Å². The Morgan fingerprint density at radius 2 is 1.75 bits per heavy atom. The van der Waals surface area contributed by atoms with Gasteiger partial charge in [0.1, 0.15) is 0 Å². The predicted octanol–water partition coefficient (Wildman–Crippen LogP) is 1.24. The monoisotopic (exact) mass is 407 g/mol. The topological polar surface area (TPSA) is 96.3 Å². The lowest BCUT2D eigenvalue weighted by Gasteiger charge is -2.47. The second-order valence-corrected chi connectivity index (χ2v) is 8.80. The smallest absolute Gasteiger partial charge is 0.225 e. The quantitative estimate of drug-likeness (QED) is 0.668. The van der Waals surface area contributed by atoms with E-state index in [0.717, 1.165) is 6.42 Å². The molecule has 0 aromatic carbocycles. The van der Waals surface area contributed by atoms with E-state index in [-0.39, 0.29) is 5.75 Å². The molecule has 1 atom stereocenters. The maximum atomic E-state index is 12.7. The molecular formula is C18H29N7O2S. The largest absolute Gasteiger partial charge is 0.338 e. The molecule has 0 amide bonds.